The van der Waals surface area contributed by atoms with Crippen LogP contribution in [0.15, 0.2) is 18.2 Å². The minimum absolute atomic E-state index is 0.0819. The zero-order valence-corrected chi connectivity index (χ0v) is 11.7. The topological polar surface area (TPSA) is 65.1 Å². The van der Waals surface area contributed by atoms with Crippen LogP contribution in [0.1, 0.15) is 24.2 Å². The van der Waals surface area contributed by atoms with Gasteiger partial charge in [-0.1, -0.05) is 0 Å². The number of benzene rings is 1. The number of esters is 1. The molecule has 0 saturated heterocycles. The number of carbonyl (C=O) groups excluding carboxylic acids is 2. The summed E-state index contributed by atoms with van der Waals surface area (Å²) in [4.78, 5) is 25.3. The maximum atomic E-state index is 12.5. The van der Waals surface area contributed by atoms with Crippen LogP contribution in [0.25, 0.3) is 0 Å². The summed E-state index contributed by atoms with van der Waals surface area (Å²) in [7, 11) is 1.30. The lowest BCUT2D eigenvalue weighted by molar-refractivity contribution is -0.141. The zero-order valence-electron chi connectivity index (χ0n) is 11.7. The standard InChI is InChI=1S/C14H17NO5/c1-9(2)15(7-13(16)18-3)14(17)10-4-5-11-12(6-10)20-8-19-11/h4-6,9H,7-8H2,1-3H3. The Hall–Kier alpha value is -2.24. The number of ether oxygens (including phenoxy) is 3. The highest BCUT2D eigenvalue weighted by atomic mass is 16.7. The SMILES string of the molecule is COC(=O)CN(C(=O)c1ccc2c(c1)OCO2)C(C)C. The zero-order chi connectivity index (χ0) is 14.7. The molecule has 1 heterocycles. The summed E-state index contributed by atoms with van der Waals surface area (Å²) in [6, 6.07) is 4.85. The van der Waals surface area contributed by atoms with Gasteiger partial charge in [0.1, 0.15) is 6.54 Å². The van der Waals surface area contributed by atoms with Gasteiger partial charge >= 0.3 is 5.97 Å². The number of amides is 1. The smallest absolute Gasteiger partial charge is 0.325 e. The minimum Gasteiger partial charge on any atom is -0.468 e. The van der Waals surface area contributed by atoms with E-state index < -0.39 is 5.97 Å². The van der Waals surface area contributed by atoms with E-state index in [0.717, 1.165) is 0 Å². The van der Waals surface area contributed by atoms with Gasteiger partial charge in [-0.25, -0.2) is 0 Å². The fourth-order valence-electron chi connectivity index (χ4n) is 1.89. The highest BCUT2D eigenvalue weighted by molar-refractivity contribution is 5.96. The van der Waals surface area contributed by atoms with E-state index in [2.05, 4.69) is 4.74 Å². The van der Waals surface area contributed by atoms with Crippen LogP contribution in [0.4, 0.5) is 0 Å². The van der Waals surface area contributed by atoms with E-state index in [1.54, 1.807) is 18.2 Å². The average Bonchev–Trinajstić information content (AvgIpc) is 2.90. The third kappa shape index (κ3) is 2.84. The molecule has 0 spiro atoms. The number of rotatable bonds is 4. The number of hydrogen-bond acceptors (Lipinski definition) is 5. The molecule has 2 rings (SSSR count). The summed E-state index contributed by atoms with van der Waals surface area (Å²) in [5.41, 5.74) is 0.451. The molecule has 6 heteroatoms. The molecule has 0 atom stereocenters. The van der Waals surface area contributed by atoms with Gasteiger partial charge in [-0.3, -0.25) is 9.59 Å². The molecule has 0 unspecified atom stereocenters. The Morgan fingerprint density at radius 2 is 2.00 bits per heavy atom. The van der Waals surface area contributed by atoms with Crippen LogP contribution >= 0.6 is 0 Å². The van der Waals surface area contributed by atoms with Crippen LogP contribution < -0.4 is 9.47 Å². The molecule has 0 bridgehead atoms. The van der Waals surface area contributed by atoms with Crippen molar-refractivity contribution in [3.05, 3.63) is 23.8 Å². The molecular weight excluding hydrogens is 262 g/mol. The van der Waals surface area contributed by atoms with Crippen LogP contribution in [0.3, 0.4) is 0 Å². The van der Waals surface area contributed by atoms with E-state index in [0.29, 0.717) is 17.1 Å². The number of nitrogens with zero attached hydrogens (tertiary/aromatic N) is 1. The maximum Gasteiger partial charge on any atom is 0.325 e. The molecule has 0 N–H and O–H groups in total. The largest absolute Gasteiger partial charge is 0.468 e. The molecule has 0 radical (unpaired) electrons. The molecule has 0 saturated carbocycles. The average molecular weight is 279 g/mol. The second-order valence-corrected chi connectivity index (χ2v) is 4.67. The summed E-state index contributed by atoms with van der Waals surface area (Å²) in [5, 5.41) is 0. The van der Waals surface area contributed by atoms with E-state index in [9.17, 15) is 9.59 Å². The molecule has 1 aliphatic heterocycles. The lowest BCUT2D eigenvalue weighted by atomic mass is 10.1. The quantitative estimate of drug-likeness (QED) is 0.780. The van der Waals surface area contributed by atoms with Crippen LogP contribution in [0.2, 0.25) is 0 Å². The van der Waals surface area contributed by atoms with Crippen molar-refractivity contribution >= 4 is 11.9 Å². The molecule has 1 aromatic rings. The van der Waals surface area contributed by atoms with Gasteiger partial charge in [-0.15, -0.1) is 0 Å². The van der Waals surface area contributed by atoms with Gasteiger partial charge in [0.2, 0.25) is 6.79 Å². The first-order valence-electron chi connectivity index (χ1n) is 6.30. The van der Waals surface area contributed by atoms with Crippen molar-refractivity contribution in [2.24, 2.45) is 0 Å². The van der Waals surface area contributed by atoms with Gasteiger partial charge < -0.3 is 19.1 Å². The van der Waals surface area contributed by atoms with Crippen molar-refractivity contribution in [3.63, 3.8) is 0 Å². The van der Waals surface area contributed by atoms with E-state index in [1.165, 1.54) is 12.0 Å². The first kappa shape index (κ1) is 14.2. The highest BCUT2D eigenvalue weighted by Crippen LogP contribution is 2.32. The van der Waals surface area contributed by atoms with Crippen molar-refractivity contribution in [3.8, 4) is 11.5 Å². The van der Waals surface area contributed by atoms with Gasteiger partial charge in [-0.2, -0.15) is 0 Å². The number of fused-ring (bicyclic) bond motifs is 1. The normalized spacial score (nSPS) is 12.4. The summed E-state index contributed by atoms with van der Waals surface area (Å²) in [6.07, 6.45) is 0. The van der Waals surface area contributed by atoms with Gasteiger partial charge in [-0.05, 0) is 32.0 Å². The van der Waals surface area contributed by atoms with Crippen molar-refractivity contribution in [1.82, 2.24) is 4.90 Å². The molecule has 1 amide bonds. The van der Waals surface area contributed by atoms with Crippen molar-refractivity contribution in [2.45, 2.75) is 19.9 Å². The molecule has 1 aromatic carbocycles. The molecule has 0 aliphatic carbocycles. The Morgan fingerprint density at radius 3 is 2.65 bits per heavy atom. The maximum absolute atomic E-state index is 12.5. The molecule has 1 aliphatic rings. The number of methoxy groups -OCH3 is 1. The van der Waals surface area contributed by atoms with E-state index >= 15 is 0 Å². The minimum atomic E-state index is -0.451. The number of hydrogen-bond donors (Lipinski definition) is 0. The Balaban J connectivity index is 2.21. The van der Waals surface area contributed by atoms with E-state index in [4.69, 9.17) is 9.47 Å². The second kappa shape index (κ2) is 5.81. The van der Waals surface area contributed by atoms with Gasteiger partial charge in [0.15, 0.2) is 11.5 Å². The van der Waals surface area contributed by atoms with Gasteiger partial charge in [0, 0.05) is 11.6 Å². The van der Waals surface area contributed by atoms with E-state index in [1.807, 2.05) is 13.8 Å². The van der Waals surface area contributed by atoms with Crippen molar-refractivity contribution < 1.29 is 23.8 Å². The van der Waals surface area contributed by atoms with Crippen LogP contribution in [-0.2, 0) is 9.53 Å². The molecule has 108 valence electrons. The van der Waals surface area contributed by atoms with Crippen molar-refractivity contribution in [1.29, 1.82) is 0 Å². The Kier molecular flexibility index (Phi) is 4.12. The molecule has 6 nitrogen and oxygen atoms in total. The summed E-state index contributed by atoms with van der Waals surface area (Å²) >= 11 is 0. The third-order valence-electron chi connectivity index (χ3n) is 3.03. The predicted molar refractivity (Wildman–Crippen MR) is 70.8 cm³/mol. The number of carbonyl (C=O) groups is 2. The monoisotopic (exact) mass is 279 g/mol. The van der Waals surface area contributed by atoms with Gasteiger partial charge in [0.05, 0.1) is 7.11 Å². The predicted octanol–water partition coefficient (Wildman–Crippen LogP) is 1.44. The fourth-order valence-corrected chi connectivity index (χ4v) is 1.89. The molecule has 0 aromatic heterocycles. The second-order valence-electron chi connectivity index (χ2n) is 4.67. The fraction of sp³-hybridized carbons (Fsp3) is 0.429. The summed E-state index contributed by atoms with van der Waals surface area (Å²) in [5.74, 6) is 0.458. The Labute approximate surface area is 117 Å². The Bertz CT molecular complexity index is 526. The van der Waals surface area contributed by atoms with Crippen LogP contribution in [-0.4, -0.2) is 43.3 Å². The lowest BCUT2D eigenvalue weighted by Gasteiger charge is -2.25. The van der Waals surface area contributed by atoms with Crippen molar-refractivity contribution in [2.75, 3.05) is 20.4 Å². The summed E-state index contributed by atoms with van der Waals surface area (Å²) in [6.45, 7) is 3.76. The molecular formula is C14H17NO5. The first-order valence-corrected chi connectivity index (χ1v) is 6.30. The highest BCUT2D eigenvalue weighted by Gasteiger charge is 2.24. The summed E-state index contributed by atoms with van der Waals surface area (Å²) < 4.78 is 15.1. The third-order valence-corrected chi connectivity index (χ3v) is 3.03. The lowest BCUT2D eigenvalue weighted by Crippen LogP contribution is -2.41. The van der Waals surface area contributed by atoms with Crippen LogP contribution in [0, 0.1) is 0 Å². The van der Waals surface area contributed by atoms with E-state index in [-0.39, 0.29) is 25.3 Å². The van der Waals surface area contributed by atoms with Crippen LogP contribution in [0.5, 0.6) is 11.5 Å². The Morgan fingerprint density at radius 1 is 1.30 bits per heavy atom. The molecule has 0 fully saturated rings. The van der Waals surface area contributed by atoms with Gasteiger partial charge in [0.25, 0.3) is 5.91 Å². The molecule has 20 heavy (non-hydrogen) atoms. The first-order chi connectivity index (χ1) is 9.52.